The first-order valence-corrected chi connectivity index (χ1v) is 6.11. The summed E-state index contributed by atoms with van der Waals surface area (Å²) in [4.78, 5) is 25.9. The molecule has 4 heteroatoms. The second kappa shape index (κ2) is 4.66. The van der Waals surface area contributed by atoms with Crippen molar-refractivity contribution in [2.24, 2.45) is 0 Å². The van der Waals surface area contributed by atoms with Crippen molar-refractivity contribution in [2.45, 2.75) is 0 Å². The summed E-state index contributed by atoms with van der Waals surface area (Å²) >= 11 is 0. The van der Waals surface area contributed by atoms with Crippen molar-refractivity contribution in [1.82, 2.24) is 4.98 Å². The van der Waals surface area contributed by atoms with Crippen molar-refractivity contribution < 1.29 is 14.7 Å². The molecule has 0 aliphatic rings. The van der Waals surface area contributed by atoms with Gasteiger partial charge in [-0.25, -0.2) is 4.79 Å². The maximum Gasteiger partial charge on any atom is 0.352 e. The number of nitrogens with one attached hydrogen (secondary N) is 1. The van der Waals surface area contributed by atoms with Crippen LogP contribution in [0.5, 0.6) is 0 Å². The maximum absolute atomic E-state index is 12.5. The van der Waals surface area contributed by atoms with Crippen LogP contribution in [0.2, 0.25) is 0 Å². The highest BCUT2D eigenvalue weighted by Crippen LogP contribution is 2.21. The number of aromatic nitrogens is 1. The lowest BCUT2D eigenvalue weighted by molar-refractivity contribution is 0.0691. The molecule has 0 amide bonds. The first-order valence-electron chi connectivity index (χ1n) is 6.11. The Kier molecular flexibility index (Phi) is 2.84. The second-order valence-electron chi connectivity index (χ2n) is 4.46. The zero-order valence-corrected chi connectivity index (χ0v) is 10.5. The topological polar surface area (TPSA) is 70.2 Å². The molecule has 2 N–H and O–H groups in total. The van der Waals surface area contributed by atoms with Gasteiger partial charge in [0.15, 0.2) is 5.78 Å². The van der Waals surface area contributed by atoms with Crippen molar-refractivity contribution in [3.05, 3.63) is 71.5 Å². The second-order valence-corrected chi connectivity index (χ2v) is 4.46. The summed E-state index contributed by atoms with van der Waals surface area (Å²) in [6.45, 7) is 0. The lowest BCUT2D eigenvalue weighted by Crippen LogP contribution is -2.01. The molecule has 0 radical (unpaired) electrons. The lowest BCUT2D eigenvalue weighted by Gasteiger charge is -2.04. The average molecular weight is 265 g/mol. The molecule has 0 fully saturated rings. The molecule has 0 saturated heterocycles. The summed E-state index contributed by atoms with van der Waals surface area (Å²) in [6, 6.07) is 14.5. The van der Waals surface area contributed by atoms with Crippen molar-refractivity contribution in [3.63, 3.8) is 0 Å². The molecule has 3 aromatic rings. The smallest absolute Gasteiger partial charge is 0.352 e. The molecule has 4 nitrogen and oxygen atoms in total. The van der Waals surface area contributed by atoms with Crippen LogP contribution in [0.4, 0.5) is 0 Å². The van der Waals surface area contributed by atoms with E-state index in [0.717, 1.165) is 10.8 Å². The Labute approximate surface area is 114 Å². The van der Waals surface area contributed by atoms with E-state index in [-0.39, 0.29) is 11.5 Å². The zero-order valence-electron chi connectivity index (χ0n) is 10.5. The van der Waals surface area contributed by atoms with Crippen LogP contribution in [0.3, 0.4) is 0 Å². The van der Waals surface area contributed by atoms with Gasteiger partial charge in [-0.1, -0.05) is 42.5 Å². The Morgan fingerprint density at radius 2 is 1.75 bits per heavy atom. The van der Waals surface area contributed by atoms with Gasteiger partial charge in [-0.05, 0) is 16.8 Å². The van der Waals surface area contributed by atoms with Crippen molar-refractivity contribution >= 4 is 22.5 Å². The number of ketones is 1. The molecule has 1 heterocycles. The molecule has 0 unspecified atom stereocenters. The number of hydrogen-bond donors (Lipinski definition) is 2. The Hall–Kier alpha value is -2.88. The summed E-state index contributed by atoms with van der Waals surface area (Å²) < 4.78 is 0. The van der Waals surface area contributed by atoms with Crippen LogP contribution in [0.15, 0.2) is 54.7 Å². The number of rotatable bonds is 3. The monoisotopic (exact) mass is 265 g/mol. The summed E-state index contributed by atoms with van der Waals surface area (Å²) in [7, 11) is 0. The van der Waals surface area contributed by atoms with Crippen LogP contribution in [-0.2, 0) is 0 Å². The molecule has 0 saturated carbocycles. The lowest BCUT2D eigenvalue weighted by atomic mass is 9.98. The Morgan fingerprint density at radius 3 is 2.50 bits per heavy atom. The minimum Gasteiger partial charge on any atom is -0.477 e. The SMILES string of the molecule is O=C(O)c1cc(C(=O)c2cccc3ccccc23)c[nH]1. The van der Waals surface area contributed by atoms with Crippen molar-refractivity contribution in [2.75, 3.05) is 0 Å². The van der Waals surface area contributed by atoms with Crippen LogP contribution >= 0.6 is 0 Å². The van der Waals surface area contributed by atoms with Gasteiger partial charge in [0.25, 0.3) is 0 Å². The average Bonchev–Trinajstić information content (AvgIpc) is 2.96. The molecule has 0 aliphatic heterocycles. The van der Waals surface area contributed by atoms with Gasteiger partial charge in [0.1, 0.15) is 5.69 Å². The third kappa shape index (κ3) is 1.97. The third-order valence-corrected chi connectivity index (χ3v) is 3.21. The molecule has 1 aromatic heterocycles. The van der Waals surface area contributed by atoms with E-state index < -0.39 is 5.97 Å². The number of carboxylic acid groups (broad SMARTS) is 1. The van der Waals surface area contributed by atoms with E-state index in [9.17, 15) is 9.59 Å². The van der Waals surface area contributed by atoms with Gasteiger partial charge < -0.3 is 10.1 Å². The number of aromatic carboxylic acids is 1. The Balaban J connectivity index is 2.10. The van der Waals surface area contributed by atoms with Crippen LogP contribution < -0.4 is 0 Å². The van der Waals surface area contributed by atoms with Gasteiger partial charge in [-0.15, -0.1) is 0 Å². The maximum atomic E-state index is 12.5. The van der Waals surface area contributed by atoms with E-state index in [1.54, 1.807) is 6.07 Å². The third-order valence-electron chi connectivity index (χ3n) is 3.21. The fourth-order valence-electron chi connectivity index (χ4n) is 2.23. The van der Waals surface area contributed by atoms with Crippen LogP contribution in [-0.4, -0.2) is 21.8 Å². The van der Waals surface area contributed by atoms with Gasteiger partial charge in [0.05, 0.1) is 0 Å². The summed E-state index contributed by atoms with van der Waals surface area (Å²) in [5.74, 6) is -1.27. The number of carbonyl (C=O) groups excluding carboxylic acids is 1. The predicted molar refractivity (Wildman–Crippen MR) is 75.1 cm³/mol. The highest BCUT2D eigenvalue weighted by Gasteiger charge is 2.15. The van der Waals surface area contributed by atoms with Gasteiger partial charge in [-0.2, -0.15) is 0 Å². The van der Waals surface area contributed by atoms with E-state index in [1.807, 2.05) is 36.4 Å². The Bertz CT molecular complexity index is 812. The predicted octanol–water partition coefficient (Wildman–Crippen LogP) is 3.10. The zero-order chi connectivity index (χ0) is 14.1. The fourth-order valence-corrected chi connectivity index (χ4v) is 2.23. The van der Waals surface area contributed by atoms with Crippen molar-refractivity contribution in [3.8, 4) is 0 Å². The molecule has 0 atom stereocenters. The Morgan fingerprint density at radius 1 is 1.00 bits per heavy atom. The number of carbonyl (C=O) groups is 2. The normalized spacial score (nSPS) is 10.6. The molecular weight excluding hydrogens is 254 g/mol. The summed E-state index contributed by atoms with van der Waals surface area (Å²) in [6.07, 6.45) is 1.42. The van der Waals surface area contributed by atoms with Gasteiger partial charge >= 0.3 is 5.97 Å². The first-order chi connectivity index (χ1) is 9.66. The number of benzene rings is 2. The van der Waals surface area contributed by atoms with E-state index in [2.05, 4.69) is 4.98 Å². The van der Waals surface area contributed by atoms with Gasteiger partial charge in [0.2, 0.25) is 0 Å². The number of H-pyrrole nitrogens is 1. The molecule has 0 bridgehead atoms. The highest BCUT2D eigenvalue weighted by molar-refractivity contribution is 6.16. The van der Waals surface area contributed by atoms with Gasteiger partial charge in [-0.3, -0.25) is 4.79 Å². The number of fused-ring (bicyclic) bond motifs is 1. The number of aromatic amines is 1. The quantitative estimate of drug-likeness (QED) is 0.715. The minimum absolute atomic E-state index is 0.00795. The highest BCUT2D eigenvalue weighted by atomic mass is 16.4. The van der Waals surface area contributed by atoms with E-state index in [0.29, 0.717) is 11.1 Å². The molecule has 98 valence electrons. The van der Waals surface area contributed by atoms with E-state index in [4.69, 9.17) is 5.11 Å². The van der Waals surface area contributed by atoms with Crippen LogP contribution in [0.25, 0.3) is 10.8 Å². The van der Waals surface area contributed by atoms with E-state index in [1.165, 1.54) is 12.3 Å². The fraction of sp³-hybridized carbons (Fsp3) is 0. The van der Waals surface area contributed by atoms with Crippen LogP contribution in [0, 0.1) is 0 Å². The molecule has 20 heavy (non-hydrogen) atoms. The number of carboxylic acids is 1. The molecule has 0 aliphatic carbocycles. The molecule has 2 aromatic carbocycles. The molecule has 0 spiro atoms. The van der Waals surface area contributed by atoms with Gasteiger partial charge in [0, 0.05) is 17.3 Å². The van der Waals surface area contributed by atoms with Crippen LogP contribution in [0.1, 0.15) is 26.4 Å². The minimum atomic E-state index is -1.08. The standard InChI is InChI=1S/C16H11NO3/c18-15(11-8-14(16(19)20)17-9-11)13-7-3-5-10-4-1-2-6-12(10)13/h1-9,17H,(H,19,20). The summed E-state index contributed by atoms with van der Waals surface area (Å²) in [5, 5.41) is 10.7. The first kappa shape index (κ1) is 12.2. The molecular formula is C16H11NO3. The summed E-state index contributed by atoms with van der Waals surface area (Å²) in [5.41, 5.74) is 0.923. The molecule has 3 rings (SSSR count). The van der Waals surface area contributed by atoms with E-state index >= 15 is 0 Å². The largest absolute Gasteiger partial charge is 0.477 e. The van der Waals surface area contributed by atoms with Crippen molar-refractivity contribution in [1.29, 1.82) is 0 Å². The number of hydrogen-bond acceptors (Lipinski definition) is 2.